The van der Waals surface area contributed by atoms with Crippen molar-refractivity contribution in [3.63, 3.8) is 0 Å². The topological polar surface area (TPSA) is 52.2 Å². The van der Waals surface area contributed by atoms with E-state index in [1.165, 1.54) is 0 Å². The van der Waals surface area contributed by atoms with Crippen LogP contribution in [0.25, 0.3) is 0 Å². The lowest BCUT2D eigenvalue weighted by Crippen LogP contribution is -2.45. The number of hydrogen-bond acceptors (Lipinski definition) is 4. The van der Waals surface area contributed by atoms with Crippen LogP contribution in [0.2, 0.25) is 0 Å². The number of nitrogens with zero attached hydrogens (tertiary/aromatic N) is 3. The molecule has 5 nitrogen and oxygen atoms in total. The molecule has 1 aromatic heterocycles. The normalized spacial score (nSPS) is 18.1. The number of aromatic nitrogens is 2. The SMILES string of the molecule is CN1CCN(c2cc(C(C)(C)C)[nH]c(=O)n2)CC1. The molecule has 0 saturated carbocycles. The summed E-state index contributed by atoms with van der Waals surface area (Å²) >= 11 is 0. The zero-order chi connectivity index (χ0) is 13.3. The number of hydrogen-bond donors (Lipinski definition) is 1. The van der Waals surface area contributed by atoms with E-state index in [1.807, 2.05) is 6.07 Å². The van der Waals surface area contributed by atoms with E-state index in [1.54, 1.807) is 0 Å². The highest BCUT2D eigenvalue weighted by Gasteiger charge is 2.20. The molecule has 1 aliphatic rings. The van der Waals surface area contributed by atoms with Gasteiger partial charge in [-0.25, -0.2) is 4.79 Å². The molecule has 1 aromatic rings. The van der Waals surface area contributed by atoms with Crippen LogP contribution in [0.15, 0.2) is 10.9 Å². The quantitative estimate of drug-likeness (QED) is 0.802. The maximum absolute atomic E-state index is 11.7. The Morgan fingerprint density at radius 3 is 2.39 bits per heavy atom. The number of piperazine rings is 1. The maximum Gasteiger partial charge on any atom is 0.347 e. The minimum absolute atomic E-state index is 0.0660. The number of rotatable bonds is 1. The molecule has 18 heavy (non-hydrogen) atoms. The number of anilines is 1. The van der Waals surface area contributed by atoms with Crippen molar-refractivity contribution >= 4 is 5.82 Å². The molecule has 5 heteroatoms. The van der Waals surface area contributed by atoms with Crippen molar-refractivity contribution in [2.75, 3.05) is 38.1 Å². The molecule has 1 N–H and O–H groups in total. The third-order valence-electron chi connectivity index (χ3n) is 3.37. The summed E-state index contributed by atoms with van der Waals surface area (Å²) in [6, 6.07) is 2.01. The monoisotopic (exact) mass is 250 g/mol. The molecule has 1 saturated heterocycles. The third kappa shape index (κ3) is 2.90. The van der Waals surface area contributed by atoms with Crippen LogP contribution < -0.4 is 10.6 Å². The van der Waals surface area contributed by atoms with Gasteiger partial charge in [-0.05, 0) is 7.05 Å². The number of H-pyrrole nitrogens is 1. The fraction of sp³-hybridized carbons (Fsp3) is 0.692. The van der Waals surface area contributed by atoms with E-state index in [0.29, 0.717) is 0 Å². The highest BCUT2D eigenvalue weighted by atomic mass is 16.1. The van der Waals surface area contributed by atoms with Gasteiger partial charge in [0, 0.05) is 43.4 Å². The first kappa shape index (κ1) is 13.1. The Kier molecular flexibility index (Phi) is 3.43. The first-order chi connectivity index (χ1) is 8.36. The van der Waals surface area contributed by atoms with Crippen molar-refractivity contribution in [1.29, 1.82) is 0 Å². The zero-order valence-electron chi connectivity index (χ0n) is 11.7. The highest BCUT2D eigenvalue weighted by molar-refractivity contribution is 5.40. The largest absolute Gasteiger partial charge is 0.354 e. The van der Waals surface area contributed by atoms with Gasteiger partial charge < -0.3 is 14.8 Å². The fourth-order valence-corrected chi connectivity index (χ4v) is 2.05. The van der Waals surface area contributed by atoms with Crippen LogP contribution >= 0.6 is 0 Å². The second-order valence-corrected chi connectivity index (χ2v) is 6.00. The molecule has 2 heterocycles. The summed E-state index contributed by atoms with van der Waals surface area (Å²) < 4.78 is 0. The van der Waals surface area contributed by atoms with Gasteiger partial charge in [-0.2, -0.15) is 4.98 Å². The maximum atomic E-state index is 11.7. The molecule has 0 unspecified atom stereocenters. The van der Waals surface area contributed by atoms with Gasteiger partial charge >= 0.3 is 5.69 Å². The van der Waals surface area contributed by atoms with E-state index in [4.69, 9.17) is 0 Å². The predicted octanol–water partition coefficient (Wildman–Crippen LogP) is 0.819. The summed E-state index contributed by atoms with van der Waals surface area (Å²) in [5.74, 6) is 0.803. The smallest absolute Gasteiger partial charge is 0.347 e. The molecular formula is C13H22N4O. The molecule has 0 radical (unpaired) electrons. The standard InChI is InChI=1S/C13H22N4O/c1-13(2,3)10-9-11(15-12(18)14-10)17-7-5-16(4)6-8-17/h9H,5-8H2,1-4H3,(H,14,15,18). The van der Waals surface area contributed by atoms with E-state index in [9.17, 15) is 4.79 Å². The second kappa shape index (κ2) is 4.72. The summed E-state index contributed by atoms with van der Waals surface area (Å²) in [4.78, 5) is 23.1. The van der Waals surface area contributed by atoms with Crippen molar-refractivity contribution in [3.8, 4) is 0 Å². The van der Waals surface area contributed by atoms with Crippen molar-refractivity contribution < 1.29 is 0 Å². The molecule has 2 rings (SSSR count). The van der Waals surface area contributed by atoms with Crippen molar-refractivity contribution in [2.24, 2.45) is 0 Å². The molecule has 100 valence electrons. The van der Waals surface area contributed by atoms with Gasteiger partial charge in [0.05, 0.1) is 0 Å². The number of aromatic amines is 1. The molecule has 0 aromatic carbocycles. The lowest BCUT2D eigenvalue weighted by atomic mass is 9.92. The summed E-state index contributed by atoms with van der Waals surface area (Å²) in [6.45, 7) is 10.1. The average Bonchev–Trinajstić information content (AvgIpc) is 2.28. The molecule has 0 atom stereocenters. The lowest BCUT2D eigenvalue weighted by molar-refractivity contribution is 0.312. The van der Waals surface area contributed by atoms with E-state index in [2.05, 4.69) is 47.6 Å². The molecule has 0 bridgehead atoms. The van der Waals surface area contributed by atoms with E-state index < -0.39 is 0 Å². The molecule has 0 spiro atoms. The molecular weight excluding hydrogens is 228 g/mol. The minimum atomic E-state index is -0.253. The first-order valence-corrected chi connectivity index (χ1v) is 6.41. The Labute approximate surface area is 108 Å². The Bertz CT molecular complexity index is 467. The van der Waals surface area contributed by atoms with E-state index >= 15 is 0 Å². The molecule has 1 aliphatic heterocycles. The first-order valence-electron chi connectivity index (χ1n) is 6.41. The van der Waals surface area contributed by atoms with Crippen LogP contribution in [0.3, 0.4) is 0 Å². The second-order valence-electron chi connectivity index (χ2n) is 6.00. The average molecular weight is 250 g/mol. The van der Waals surface area contributed by atoms with Crippen molar-refractivity contribution in [2.45, 2.75) is 26.2 Å². The van der Waals surface area contributed by atoms with Gasteiger partial charge in [0.1, 0.15) is 5.82 Å². The Morgan fingerprint density at radius 1 is 1.22 bits per heavy atom. The van der Waals surface area contributed by atoms with Gasteiger partial charge in [0.15, 0.2) is 0 Å². The highest BCUT2D eigenvalue weighted by Crippen LogP contribution is 2.22. The van der Waals surface area contributed by atoms with Crippen LogP contribution in [0.4, 0.5) is 5.82 Å². The summed E-state index contributed by atoms with van der Waals surface area (Å²) in [6.07, 6.45) is 0. The Balaban J connectivity index is 2.28. The van der Waals surface area contributed by atoms with Crippen LogP contribution in [0, 0.1) is 0 Å². The third-order valence-corrected chi connectivity index (χ3v) is 3.37. The number of likely N-dealkylation sites (N-methyl/N-ethyl adjacent to an activating group) is 1. The van der Waals surface area contributed by atoms with Gasteiger partial charge in [-0.3, -0.25) is 0 Å². The lowest BCUT2D eigenvalue weighted by Gasteiger charge is -2.33. The van der Waals surface area contributed by atoms with Crippen LogP contribution in [0.5, 0.6) is 0 Å². The van der Waals surface area contributed by atoms with Crippen LogP contribution in [0.1, 0.15) is 26.5 Å². The summed E-state index contributed by atoms with van der Waals surface area (Å²) in [5.41, 5.74) is 0.622. The van der Waals surface area contributed by atoms with Gasteiger partial charge in [0.25, 0.3) is 0 Å². The van der Waals surface area contributed by atoms with Crippen LogP contribution in [-0.4, -0.2) is 48.1 Å². The Hall–Kier alpha value is -1.36. The van der Waals surface area contributed by atoms with Crippen LogP contribution in [-0.2, 0) is 5.41 Å². The molecule has 0 aliphatic carbocycles. The summed E-state index contributed by atoms with van der Waals surface area (Å²) in [7, 11) is 2.11. The fourth-order valence-electron chi connectivity index (χ4n) is 2.05. The number of nitrogens with one attached hydrogen (secondary N) is 1. The van der Waals surface area contributed by atoms with Gasteiger partial charge in [-0.15, -0.1) is 0 Å². The minimum Gasteiger partial charge on any atom is -0.354 e. The van der Waals surface area contributed by atoms with Gasteiger partial charge in [0.2, 0.25) is 0 Å². The predicted molar refractivity (Wildman–Crippen MR) is 73.3 cm³/mol. The van der Waals surface area contributed by atoms with E-state index in [0.717, 1.165) is 37.7 Å². The van der Waals surface area contributed by atoms with E-state index in [-0.39, 0.29) is 11.1 Å². The molecule has 0 amide bonds. The zero-order valence-corrected chi connectivity index (χ0v) is 11.7. The molecule has 1 fully saturated rings. The Morgan fingerprint density at radius 2 is 1.83 bits per heavy atom. The van der Waals surface area contributed by atoms with Gasteiger partial charge in [-0.1, -0.05) is 20.8 Å². The van der Waals surface area contributed by atoms with Crippen molar-refractivity contribution in [3.05, 3.63) is 22.2 Å². The summed E-state index contributed by atoms with van der Waals surface area (Å²) in [5, 5.41) is 0. The van der Waals surface area contributed by atoms with Crippen molar-refractivity contribution in [1.82, 2.24) is 14.9 Å².